The first-order valence-electron chi connectivity index (χ1n) is 8.02. The van der Waals surface area contributed by atoms with Crippen molar-refractivity contribution < 1.29 is 44.4 Å². The Bertz CT molecular complexity index is 598. The number of primary amides is 1. The van der Waals surface area contributed by atoms with Crippen molar-refractivity contribution in [1.82, 2.24) is 16.0 Å². The van der Waals surface area contributed by atoms with E-state index >= 15 is 0 Å². The number of aliphatic hydroxyl groups excluding tert-OH is 3. The monoisotopic (exact) mass is 407 g/mol. The summed E-state index contributed by atoms with van der Waals surface area (Å²) >= 11 is 0. The highest BCUT2D eigenvalue weighted by atomic mass is 16.4. The van der Waals surface area contributed by atoms with Crippen molar-refractivity contribution in [3.05, 3.63) is 0 Å². The van der Waals surface area contributed by atoms with Crippen LogP contribution in [0.4, 0.5) is 0 Å². The van der Waals surface area contributed by atoms with Crippen LogP contribution in [0.2, 0.25) is 0 Å². The van der Waals surface area contributed by atoms with Crippen molar-refractivity contribution in [2.75, 3.05) is 13.2 Å². The van der Waals surface area contributed by atoms with Crippen LogP contribution in [0.1, 0.15) is 13.3 Å². The number of carboxylic acids is 1. The third kappa shape index (κ3) is 8.26. The van der Waals surface area contributed by atoms with Crippen molar-refractivity contribution in [3.63, 3.8) is 0 Å². The Balaban J connectivity index is 5.18. The zero-order valence-electron chi connectivity index (χ0n) is 15.0. The van der Waals surface area contributed by atoms with Gasteiger partial charge in [-0.25, -0.2) is 4.79 Å². The molecule has 11 N–H and O–H groups in total. The lowest BCUT2D eigenvalue weighted by Gasteiger charge is -2.25. The molecule has 0 aliphatic heterocycles. The topological polar surface area (TPSA) is 254 Å². The smallest absolute Gasteiger partial charge is 0.326 e. The second kappa shape index (κ2) is 11.8. The van der Waals surface area contributed by atoms with Gasteiger partial charge in [0.15, 0.2) is 0 Å². The van der Waals surface area contributed by atoms with Crippen molar-refractivity contribution in [3.8, 4) is 0 Å². The zero-order chi connectivity index (χ0) is 22.0. The van der Waals surface area contributed by atoms with E-state index in [-0.39, 0.29) is 0 Å². The van der Waals surface area contributed by atoms with Gasteiger partial charge in [0.1, 0.15) is 24.2 Å². The first kappa shape index (κ1) is 25.2. The fourth-order valence-electron chi connectivity index (χ4n) is 1.88. The number of carbonyl (C=O) groups is 5. The minimum Gasteiger partial charge on any atom is -0.480 e. The summed E-state index contributed by atoms with van der Waals surface area (Å²) in [6, 6.07) is -6.30. The van der Waals surface area contributed by atoms with Gasteiger partial charge in [-0.2, -0.15) is 0 Å². The first-order valence-corrected chi connectivity index (χ1v) is 8.02. The summed E-state index contributed by atoms with van der Waals surface area (Å²) in [4.78, 5) is 57.9. The van der Waals surface area contributed by atoms with E-state index in [0.29, 0.717) is 0 Å². The van der Waals surface area contributed by atoms with Crippen LogP contribution < -0.4 is 27.4 Å². The summed E-state index contributed by atoms with van der Waals surface area (Å²) in [5.74, 6) is -5.77. The maximum atomic E-state index is 12.2. The van der Waals surface area contributed by atoms with Crippen LogP contribution in [0.5, 0.6) is 0 Å². The average molecular weight is 407 g/mol. The third-order valence-electron chi connectivity index (χ3n) is 3.43. The summed E-state index contributed by atoms with van der Waals surface area (Å²) < 4.78 is 0. The van der Waals surface area contributed by atoms with Gasteiger partial charge in [-0.1, -0.05) is 0 Å². The van der Waals surface area contributed by atoms with Gasteiger partial charge in [0.25, 0.3) is 0 Å². The summed E-state index contributed by atoms with van der Waals surface area (Å²) in [6.07, 6.45) is -2.24. The molecule has 160 valence electrons. The van der Waals surface area contributed by atoms with E-state index in [9.17, 15) is 34.2 Å². The van der Waals surface area contributed by atoms with Crippen molar-refractivity contribution in [2.45, 2.75) is 43.6 Å². The van der Waals surface area contributed by atoms with Gasteiger partial charge >= 0.3 is 5.97 Å². The molecule has 5 unspecified atom stereocenters. The number of carbonyl (C=O) groups excluding carboxylic acids is 4. The maximum Gasteiger partial charge on any atom is 0.326 e. The molecule has 0 bridgehead atoms. The van der Waals surface area contributed by atoms with Crippen LogP contribution in [-0.2, 0) is 24.0 Å². The number of nitrogens with one attached hydrogen (secondary N) is 3. The van der Waals surface area contributed by atoms with Crippen molar-refractivity contribution in [2.24, 2.45) is 11.5 Å². The summed E-state index contributed by atoms with van der Waals surface area (Å²) in [5.41, 5.74) is 10.2. The molecular weight excluding hydrogens is 382 g/mol. The van der Waals surface area contributed by atoms with Gasteiger partial charge in [-0.3, -0.25) is 19.2 Å². The largest absolute Gasteiger partial charge is 0.480 e. The molecule has 0 aliphatic rings. The van der Waals surface area contributed by atoms with Gasteiger partial charge in [0.2, 0.25) is 23.6 Å². The molecule has 14 nitrogen and oxygen atoms in total. The highest BCUT2D eigenvalue weighted by Gasteiger charge is 2.32. The number of aliphatic carboxylic acids is 1. The van der Waals surface area contributed by atoms with Crippen LogP contribution in [-0.4, -0.2) is 93.5 Å². The first-order chi connectivity index (χ1) is 12.9. The molecule has 4 amide bonds. The van der Waals surface area contributed by atoms with E-state index in [0.717, 1.165) is 6.92 Å². The Morgan fingerprint density at radius 2 is 1.43 bits per heavy atom. The normalized spacial score (nSPS) is 16.0. The number of rotatable bonds is 12. The molecule has 0 rings (SSSR count). The molecule has 0 saturated carbocycles. The van der Waals surface area contributed by atoms with E-state index in [1.54, 1.807) is 0 Å². The zero-order valence-corrected chi connectivity index (χ0v) is 15.0. The second-order valence-corrected chi connectivity index (χ2v) is 5.83. The molecule has 0 aromatic carbocycles. The van der Waals surface area contributed by atoms with E-state index < -0.39 is 79.5 Å². The predicted octanol–water partition coefficient (Wildman–Crippen LogP) is -5.91. The Morgan fingerprint density at radius 3 is 1.82 bits per heavy atom. The maximum absolute atomic E-state index is 12.2. The molecular formula is C14H25N5O9. The number of hydrogen-bond donors (Lipinski definition) is 9. The Labute approximate surface area is 159 Å². The minimum absolute atomic E-state index is 0.721. The minimum atomic E-state index is -1.70. The molecule has 28 heavy (non-hydrogen) atoms. The lowest BCUT2D eigenvalue weighted by Crippen LogP contribution is -2.60. The van der Waals surface area contributed by atoms with E-state index in [1.165, 1.54) is 0 Å². The van der Waals surface area contributed by atoms with Crippen LogP contribution in [0.3, 0.4) is 0 Å². The fourth-order valence-corrected chi connectivity index (χ4v) is 1.88. The summed E-state index contributed by atoms with van der Waals surface area (Å²) in [5, 5.41) is 42.7. The van der Waals surface area contributed by atoms with Crippen molar-refractivity contribution in [1.29, 1.82) is 0 Å². The van der Waals surface area contributed by atoms with Gasteiger partial charge in [0.05, 0.1) is 25.7 Å². The highest BCUT2D eigenvalue weighted by Crippen LogP contribution is 1.99. The molecule has 0 saturated heterocycles. The predicted molar refractivity (Wildman–Crippen MR) is 91.1 cm³/mol. The molecule has 0 aromatic heterocycles. The molecule has 0 aromatic rings. The number of nitrogens with two attached hydrogens (primary N) is 2. The van der Waals surface area contributed by atoms with E-state index in [1.807, 2.05) is 16.0 Å². The van der Waals surface area contributed by atoms with E-state index in [2.05, 4.69) is 0 Å². The molecule has 0 aliphatic carbocycles. The van der Waals surface area contributed by atoms with Gasteiger partial charge in [0, 0.05) is 0 Å². The Hall–Kier alpha value is -2.81. The van der Waals surface area contributed by atoms with Gasteiger partial charge in [-0.05, 0) is 6.92 Å². The number of hydrogen-bond acceptors (Lipinski definition) is 9. The summed E-state index contributed by atoms with van der Waals surface area (Å²) in [6.45, 7) is -0.507. The molecule has 0 heterocycles. The molecule has 0 spiro atoms. The highest BCUT2D eigenvalue weighted by molar-refractivity contribution is 5.95. The average Bonchev–Trinajstić information content (AvgIpc) is 2.61. The standard InChI is InChI=1S/C14H25N5O9/c1-5(22)10(13(26)17-7(14(27)28)2-9(16)23)19-12(25)8(4-21)18-11(24)6(15)3-20/h5-8,10,20-22H,2-4,15H2,1H3,(H2,16,23)(H,17,26)(H,18,24)(H,19,25)(H,27,28). The van der Waals surface area contributed by atoms with Crippen molar-refractivity contribution >= 4 is 29.6 Å². The van der Waals surface area contributed by atoms with Gasteiger partial charge in [-0.15, -0.1) is 0 Å². The second-order valence-electron chi connectivity index (χ2n) is 5.83. The number of carboxylic acid groups (broad SMARTS) is 1. The van der Waals surface area contributed by atoms with Crippen LogP contribution >= 0.6 is 0 Å². The summed E-state index contributed by atoms with van der Waals surface area (Å²) in [7, 11) is 0. The van der Waals surface area contributed by atoms with Crippen LogP contribution in [0, 0.1) is 0 Å². The lowest BCUT2D eigenvalue weighted by molar-refractivity contribution is -0.144. The third-order valence-corrected chi connectivity index (χ3v) is 3.43. The Morgan fingerprint density at radius 1 is 0.893 bits per heavy atom. The quantitative estimate of drug-likeness (QED) is 0.148. The molecule has 5 atom stereocenters. The molecule has 14 heteroatoms. The molecule has 0 radical (unpaired) electrons. The van der Waals surface area contributed by atoms with Crippen LogP contribution in [0.15, 0.2) is 0 Å². The lowest BCUT2D eigenvalue weighted by atomic mass is 10.1. The number of amides is 4. The fraction of sp³-hybridized carbons (Fsp3) is 0.643. The SMILES string of the molecule is CC(O)C(NC(=O)C(CO)NC(=O)C(N)CO)C(=O)NC(CC(N)=O)C(=O)O. The molecule has 0 fully saturated rings. The van der Waals surface area contributed by atoms with Crippen LogP contribution in [0.25, 0.3) is 0 Å². The van der Waals surface area contributed by atoms with E-state index in [4.69, 9.17) is 21.7 Å². The van der Waals surface area contributed by atoms with Gasteiger partial charge < -0.3 is 47.8 Å². The number of aliphatic hydroxyl groups is 3. The Kier molecular flexibility index (Phi) is 10.6.